The van der Waals surface area contributed by atoms with Gasteiger partial charge in [0.25, 0.3) is 0 Å². The first-order valence-electron chi connectivity index (χ1n) is 6.91. The molecule has 2 aromatic carbocycles. The molecule has 0 saturated carbocycles. The monoisotopic (exact) mass is 386 g/mol. The normalized spacial score (nSPS) is 12.2. The van der Waals surface area contributed by atoms with Gasteiger partial charge in [-0.1, -0.05) is 36.7 Å². The summed E-state index contributed by atoms with van der Waals surface area (Å²) in [5, 5.41) is 0.640. The van der Waals surface area contributed by atoms with Crippen molar-refractivity contribution in [1.29, 1.82) is 0 Å². The topological polar surface area (TPSA) is 9.23 Å². The van der Waals surface area contributed by atoms with Gasteiger partial charge in [0.05, 0.1) is 16.5 Å². The summed E-state index contributed by atoms with van der Waals surface area (Å²) in [5.41, 5.74) is 2.19. The summed E-state index contributed by atoms with van der Waals surface area (Å²) >= 11 is 16.1. The van der Waals surface area contributed by atoms with E-state index in [0.717, 1.165) is 39.2 Å². The minimum absolute atomic E-state index is 0.0972. The highest BCUT2D eigenvalue weighted by Gasteiger charge is 2.12. The van der Waals surface area contributed by atoms with E-state index in [0.29, 0.717) is 6.61 Å². The van der Waals surface area contributed by atoms with Crippen molar-refractivity contribution < 1.29 is 4.74 Å². The Morgan fingerprint density at radius 3 is 2.67 bits per heavy atom. The molecule has 0 N–H and O–H groups in total. The standard InChI is InChI=1S/C17H17BrCl2O/c1-2-8-21-17-7-6-13(11-15(17)18)16(20)10-12-4-3-5-14(19)9-12/h3-7,9,11,16H,2,8,10H2,1H3. The summed E-state index contributed by atoms with van der Waals surface area (Å²) in [6, 6.07) is 13.8. The molecule has 0 amide bonds. The first-order valence-corrected chi connectivity index (χ1v) is 8.51. The second kappa shape index (κ2) is 8.07. The lowest BCUT2D eigenvalue weighted by Crippen LogP contribution is -1.99. The highest BCUT2D eigenvalue weighted by Crippen LogP contribution is 2.32. The van der Waals surface area contributed by atoms with E-state index >= 15 is 0 Å². The van der Waals surface area contributed by atoms with Gasteiger partial charge in [0, 0.05) is 5.02 Å². The minimum Gasteiger partial charge on any atom is -0.492 e. The average molecular weight is 388 g/mol. The van der Waals surface area contributed by atoms with Gasteiger partial charge in [-0.25, -0.2) is 0 Å². The molecule has 0 saturated heterocycles. The van der Waals surface area contributed by atoms with Crippen LogP contribution in [0.4, 0.5) is 0 Å². The predicted octanol–water partition coefficient (Wildman–Crippen LogP) is 6.41. The van der Waals surface area contributed by atoms with Crippen LogP contribution >= 0.6 is 39.1 Å². The Balaban J connectivity index is 2.08. The van der Waals surface area contributed by atoms with Crippen LogP contribution < -0.4 is 4.74 Å². The third kappa shape index (κ3) is 4.91. The van der Waals surface area contributed by atoms with E-state index in [9.17, 15) is 0 Å². The molecule has 1 atom stereocenters. The highest BCUT2D eigenvalue weighted by atomic mass is 79.9. The predicted molar refractivity (Wildman–Crippen MR) is 93.7 cm³/mol. The average Bonchev–Trinajstić information content (AvgIpc) is 2.46. The van der Waals surface area contributed by atoms with Gasteiger partial charge in [-0.05, 0) is 64.2 Å². The third-order valence-electron chi connectivity index (χ3n) is 3.08. The van der Waals surface area contributed by atoms with E-state index in [1.54, 1.807) is 0 Å². The van der Waals surface area contributed by atoms with Gasteiger partial charge in [-0.2, -0.15) is 0 Å². The Bertz CT molecular complexity index is 601. The van der Waals surface area contributed by atoms with Crippen LogP contribution in [0.2, 0.25) is 5.02 Å². The van der Waals surface area contributed by atoms with Gasteiger partial charge in [0.2, 0.25) is 0 Å². The lowest BCUT2D eigenvalue weighted by Gasteiger charge is -2.13. The maximum absolute atomic E-state index is 6.52. The van der Waals surface area contributed by atoms with Gasteiger partial charge in [-0.3, -0.25) is 0 Å². The van der Waals surface area contributed by atoms with Crippen LogP contribution in [0.25, 0.3) is 0 Å². The fourth-order valence-corrected chi connectivity index (χ4v) is 3.07. The lowest BCUT2D eigenvalue weighted by atomic mass is 10.0. The molecule has 2 rings (SSSR count). The summed E-state index contributed by atoms with van der Waals surface area (Å²) in [5.74, 6) is 0.854. The Labute approximate surface area is 144 Å². The fourth-order valence-electron chi connectivity index (χ4n) is 2.03. The van der Waals surface area contributed by atoms with Crippen LogP contribution in [0.1, 0.15) is 29.8 Å². The lowest BCUT2D eigenvalue weighted by molar-refractivity contribution is 0.315. The summed E-state index contributed by atoms with van der Waals surface area (Å²) in [6.45, 7) is 2.80. The van der Waals surface area contributed by atoms with E-state index in [-0.39, 0.29) is 5.38 Å². The van der Waals surface area contributed by atoms with Crippen molar-refractivity contribution >= 4 is 39.1 Å². The van der Waals surface area contributed by atoms with Crippen LogP contribution in [0.3, 0.4) is 0 Å². The van der Waals surface area contributed by atoms with Crippen molar-refractivity contribution in [2.45, 2.75) is 25.1 Å². The first-order chi connectivity index (χ1) is 10.1. The number of ether oxygens (including phenoxy) is 1. The van der Waals surface area contributed by atoms with Crippen molar-refractivity contribution in [3.05, 3.63) is 63.1 Å². The molecule has 0 aliphatic rings. The zero-order valence-corrected chi connectivity index (χ0v) is 14.9. The van der Waals surface area contributed by atoms with Crippen LogP contribution in [-0.2, 0) is 6.42 Å². The van der Waals surface area contributed by atoms with Gasteiger partial charge >= 0.3 is 0 Å². The van der Waals surface area contributed by atoms with Gasteiger partial charge in [0.15, 0.2) is 0 Å². The molecule has 0 spiro atoms. The van der Waals surface area contributed by atoms with Crippen LogP contribution in [0.5, 0.6) is 5.75 Å². The Morgan fingerprint density at radius 2 is 2.00 bits per heavy atom. The smallest absolute Gasteiger partial charge is 0.133 e. The number of alkyl halides is 1. The number of halogens is 3. The second-order valence-corrected chi connectivity index (χ2v) is 6.66. The van der Waals surface area contributed by atoms with Crippen molar-refractivity contribution in [1.82, 2.24) is 0 Å². The van der Waals surface area contributed by atoms with Crippen molar-refractivity contribution in [2.24, 2.45) is 0 Å². The SMILES string of the molecule is CCCOc1ccc(C(Cl)Cc2cccc(Cl)c2)cc1Br. The first kappa shape index (κ1) is 16.7. The van der Waals surface area contributed by atoms with Crippen LogP contribution in [0, 0.1) is 0 Å². The molecule has 0 radical (unpaired) electrons. The van der Waals surface area contributed by atoms with Crippen molar-refractivity contribution in [2.75, 3.05) is 6.61 Å². The molecule has 0 heterocycles. The molecule has 0 aliphatic carbocycles. The molecule has 2 aromatic rings. The maximum atomic E-state index is 6.52. The molecular weight excluding hydrogens is 371 g/mol. The molecule has 112 valence electrons. The van der Waals surface area contributed by atoms with Crippen LogP contribution in [0.15, 0.2) is 46.9 Å². The molecule has 1 nitrogen and oxygen atoms in total. The van der Waals surface area contributed by atoms with E-state index in [1.165, 1.54) is 0 Å². The molecular formula is C17H17BrCl2O. The Morgan fingerprint density at radius 1 is 1.19 bits per heavy atom. The third-order valence-corrected chi connectivity index (χ3v) is 4.34. The van der Waals surface area contributed by atoms with Gasteiger partial charge in [-0.15, -0.1) is 11.6 Å². The maximum Gasteiger partial charge on any atom is 0.133 e. The quantitative estimate of drug-likeness (QED) is 0.520. The molecule has 0 aromatic heterocycles. The summed E-state index contributed by atoms with van der Waals surface area (Å²) < 4.78 is 6.58. The van der Waals surface area contributed by atoms with E-state index in [4.69, 9.17) is 27.9 Å². The number of benzene rings is 2. The largest absolute Gasteiger partial charge is 0.492 e. The van der Waals surface area contributed by atoms with Crippen LogP contribution in [-0.4, -0.2) is 6.61 Å². The second-order valence-electron chi connectivity index (χ2n) is 4.84. The Hall–Kier alpha value is -0.700. The van der Waals surface area contributed by atoms with E-state index in [1.807, 2.05) is 42.5 Å². The molecule has 21 heavy (non-hydrogen) atoms. The fraction of sp³-hybridized carbons (Fsp3) is 0.294. The number of hydrogen-bond acceptors (Lipinski definition) is 1. The molecule has 0 fully saturated rings. The molecule has 1 unspecified atom stereocenters. The number of rotatable bonds is 6. The molecule has 4 heteroatoms. The summed E-state index contributed by atoms with van der Waals surface area (Å²) in [4.78, 5) is 0. The Kier molecular flexibility index (Phi) is 6.40. The van der Waals surface area contributed by atoms with Gasteiger partial charge in [0.1, 0.15) is 5.75 Å². The van der Waals surface area contributed by atoms with E-state index in [2.05, 4.69) is 22.9 Å². The summed E-state index contributed by atoms with van der Waals surface area (Å²) in [6.07, 6.45) is 1.73. The van der Waals surface area contributed by atoms with Gasteiger partial charge < -0.3 is 4.74 Å². The zero-order chi connectivity index (χ0) is 15.2. The van der Waals surface area contributed by atoms with Crippen molar-refractivity contribution in [3.8, 4) is 5.75 Å². The van der Waals surface area contributed by atoms with E-state index < -0.39 is 0 Å². The minimum atomic E-state index is -0.0972. The molecule has 0 aliphatic heterocycles. The summed E-state index contributed by atoms with van der Waals surface area (Å²) in [7, 11) is 0. The zero-order valence-electron chi connectivity index (χ0n) is 11.8. The molecule has 0 bridgehead atoms. The number of hydrogen-bond donors (Lipinski definition) is 0. The van der Waals surface area contributed by atoms with Crippen molar-refractivity contribution in [3.63, 3.8) is 0 Å². The highest BCUT2D eigenvalue weighted by molar-refractivity contribution is 9.10.